The number of hydrogen-bond acceptors (Lipinski definition) is 5. The largest absolute Gasteiger partial charge is 0.394 e. The van der Waals surface area contributed by atoms with Crippen LogP contribution in [-0.2, 0) is 24.6 Å². The van der Waals surface area contributed by atoms with Crippen LogP contribution in [0.15, 0.2) is 0 Å². The fourth-order valence-electron chi connectivity index (χ4n) is 0.659. The van der Waals surface area contributed by atoms with Gasteiger partial charge in [0.2, 0.25) is 0 Å². The molecule has 2 N–H and O–H groups in total. The molecule has 0 aromatic carbocycles. The van der Waals surface area contributed by atoms with Crippen molar-refractivity contribution >= 4 is 10.4 Å². The van der Waals surface area contributed by atoms with Gasteiger partial charge in [-0.05, 0) is 0 Å². The Balaban J connectivity index is 0.000000171. The predicted octanol–water partition coefficient (Wildman–Crippen LogP) is -0.852. The van der Waals surface area contributed by atoms with E-state index in [-0.39, 0.29) is 0 Å². The van der Waals surface area contributed by atoms with Gasteiger partial charge in [0.25, 0.3) is 0 Å². The summed E-state index contributed by atoms with van der Waals surface area (Å²) in [5.41, 5.74) is 0. The topological polar surface area (TPSA) is 109 Å². The van der Waals surface area contributed by atoms with E-state index >= 15 is 0 Å². The first-order chi connectivity index (χ1) is 6.45. The van der Waals surface area contributed by atoms with Crippen molar-refractivity contribution in [3.63, 3.8) is 0 Å². The van der Waals surface area contributed by atoms with Crippen molar-refractivity contribution in [1.82, 2.24) is 0 Å². The molecule has 2 fully saturated rings. The average Bonchev–Trinajstić information content (AvgIpc) is 2.75. The summed E-state index contributed by atoms with van der Waals surface area (Å²) in [6, 6.07) is 0. The van der Waals surface area contributed by atoms with Crippen LogP contribution >= 0.6 is 0 Å². The van der Waals surface area contributed by atoms with Crippen molar-refractivity contribution in [2.75, 3.05) is 26.4 Å². The van der Waals surface area contributed by atoms with E-state index in [1.54, 1.807) is 0 Å². The van der Waals surface area contributed by atoms with E-state index in [9.17, 15) is 0 Å². The molecule has 0 saturated carbocycles. The van der Waals surface area contributed by atoms with Crippen molar-refractivity contribution in [3.8, 4) is 0 Å². The molecule has 7 nitrogen and oxygen atoms in total. The van der Waals surface area contributed by atoms with Gasteiger partial charge in [-0.25, -0.2) is 0 Å². The summed E-state index contributed by atoms with van der Waals surface area (Å²) in [6.07, 6.45) is 0.785. The highest BCUT2D eigenvalue weighted by molar-refractivity contribution is 7.79. The lowest BCUT2D eigenvalue weighted by molar-refractivity contribution is 0.102. The number of ether oxygens (including phenoxy) is 3. The molecule has 14 heavy (non-hydrogen) atoms. The molecule has 0 radical (unpaired) electrons. The molecule has 0 aliphatic carbocycles. The summed E-state index contributed by atoms with van der Waals surface area (Å²) >= 11 is 0. The van der Waals surface area contributed by atoms with Gasteiger partial charge in [-0.2, -0.15) is 8.42 Å². The SMILES string of the molecule is C(OCC1CO1)C1CO1.O=S(=O)(O)O. The molecule has 2 unspecified atom stereocenters. The molecule has 0 spiro atoms. The highest BCUT2D eigenvalue weighted by atomic mass is 32.3. The lowest BCUT2D eigenvalue weighted by Crippen LogP contribution is -2.06. The third kappa shape index (κ3) is 9.84. The zero-order chi connectivity index (χ0) is 10.6. The lowest BCUT2D eigenvalue weighted by atomic mass is 10.5. The Labute approximate surface area is 81.5 Å². The van der Waals surface area contributed by atoms with E-state index in [0.717, 1.165) is 26.4 Å². The Morgan fingerprint density at radius 2 is 1.43 bits per heavy atom. The number of epoxide rings is 2. The van der Waals surface area contributed by atoms with Crippen molar-refractivity contribution in [2.45, 2.75) is 12.2 Å². The van der Waals surface area contributed by atoms with E-state index in [0.29, 0.717) is 12.2 Å². The molecule has 2 rings (SSSR count). The van der Waals surface area contributed by atoms with Crippen molar-refractivity contribution < 1.29 is 31.7 Å². The first-order valence-corrected chi connectivity index (χ1v) is 5.35. The van der Waals surface area contributed by atoms with E-state index in [4.69, 9.17) is 31.7 Å². The Bertz CT molecular complexity index is 233. The van der Waals surface area contributed by atoms with Crippen LogP contribution in [0, 0.1) is 0 Å². The summed E-state index contributed by atoms with van der Waals surface area (Å²) < 4.78 is 46.7. The molecular formula is C6H12O7S. The fourth-order valence-corrected chi connectivity index (χ4v) is 0.659. The van der Waals surface area contributed by atoms with Gasteiger partial charge in [0, 0.05) is 0 Å². The first kappa shape index (κ1) is 11.8. The third-order valence-corrected chi connectivity index (χ3v) is 1.41. The summed E-state index contributed by atoms with van der Waals surface area (Å²) in [4.78, 5) is 0. The normalized spacial score (nSPS) is 29.0. The molecule has 8 heteroatoms. The monoisotopic (exact) mass is 228 g/mol. The van der Waals surface area contributed by atoms with E-state index in [1.165, 1.54) is 0 Å². The zero-order valence-corrected chi connectivity index (χ0v) is 8.14. The predicted molar refractivity (Wildman–Crippen MR) is 44.5 cm³/mol. The van der Waals surface area contributed by atoms with Gasteiger partial charge in [-0.3, -0.25) is 9.11 Å². The molecule has 0 bridgehead atoms. The van der Waals surface area contributed by atoms with Gasteiger partial charge in [0.15, 0.2) is 0 Å². The Morgan fingerprint density at radius 3 is 1.64 bits per heavy atom. The second-order valence-corrected chi connectivity index (χ2v) is 3.79. The number of rotatable bonds is 4. The maximum absolute atomic E-state index is 8.74. The van der Waals surface area contributed by atoms with E-state index in [2.05, 4.69) is 0 Å². The van der Waals surface area contributed by atoms with Gasteiger partial charge in [-0.15, -0.1) is 0 Å². The highest BCUT2D eigenvalue weighted by Crippen LogP contribution is 2.12. The Hall–Kier alpha value is -0.250. The fraction of sp³-hybridized carbons (Fsp3) is 1.00. The summed E-state index contributed by atoms with van der Waals surface area (Å²) in [6.45, 7) is 3.26. The van der Waals surface area contributed by atoms with Crippen LogP contribution in [-0.4, -0.2) is 56.2 Å². The van der Waals surface area contributed by atoms with Crippen LogP contribution in [0.4, 0.5) is 0 Å². The highest BCUT2D eigenvalue weighted by Gasteiger charge is 2.26. The van der Waals surface area contributed by atoms with E-state index < -0.39 is 10.4 Å². The minimum absolute atomic E-state index is 0.392. The molecular weight excluding hydrogens is 216 g/mol. The quantitative estimate of drug-likeness (QED) is 0.476. The van der Waals surface area contributed by atoms with Crippen molar-refractivity contribution in [3.05, 3.63) is 0 Å². The van der Waals surface area contributed by atoms with E-state index in [1.807, 2.05) is 0 Å². The molecule has 2 atom stereocenters. The second kappa shape index (κ2) is 5.01. The van der Waals surface area contributed by atoms with Gasteiger partial charge in [0.1, 0.15) is 12.2 Å². The average molecular weight is 228 g/mol. The molecule has 2 saturated heterocycles. The van der Waals surface area contributed by atoms with Crippen LogP contribution in [0.3, 0.4) is 0 Å². The van der Waals surface area contributed by atoms with Gasteiger partial charge in [0.05, 0.1) is 26.4 Å². The molecule has 0 amide bonds. The first-order valence-electron chi connectivity index (χ1n) is 3.96. The Kier molecular flexibility index (Phi) is 4.23. The zero-order valence-electron chi connectivity index (χ0n) is 7.33. The van der Waals surface area contributed by atoms with Crippen LogP contribution in [0.2, 0.25) is 0 Å². The summed E-state index contributed by atoms with van der Waals surface area (Å²) in [5.74, 6) is 0. The van der Waals surface area contributed by atoms with Gasteiger partial charge in [-0.1, -0.05) is 0 Å². The molecule has 2 aliphatic rings. The molecule has 0 aromatic rings. The minimum atomic E-state index is -4.67. The minimum Gasteiger partial charge on any atom is -0.376 e. The number of hydrogen-bond donors (Lipinski definition) is 2. The lowest BCUT2D eigenvalue weighted by Gasteiger charge is -1.95. The van der Waals surface area contributed by atoms with Crippen molar-refractivity contribution in [1.29, 1.82) is 0 Å². The standard InChI is InChI=1S/C6H10O3.H2O4S/c1(5-3-8-5)7-2-6-4-9-6;1-5(2,3)4/h5-6H,1-4H2;(H2,1,2,3,4). The molecule has 2 aliphatic heterocycles. The molecule has 84 valence electrons. The van der Waals surface area contributed by atoms with Gasteiger partial charge >= 0.3 is 10.4 Å². The van der Waals surface area contributed by atoms with Gasteiger partial charge < -0.3 is 14.2 Å². The van der Waals surface area contributed by atoms with Crippen LogP contribution in [0.1, 0.15) is 0 Å². The maximum atomic E-state index is 8.74. The maximum Gasteiger partial charge on any atom is 0.394 e. The third-order valence-electron chi connectivity index (χ3n) is 1.41. The van der Waals surface area contributed by atoms with Crippen LogP contribution < -0.4 is 0 Å². The molecule has 2 heterocycles. The van der Waals surface area contributed by atoms with Crippen LogP contribution in [0.5, 0.6) is 0 Å². The second-order valence-electron chi connectivity index (χ2n) is 2.90. The summed E-state index contributed by atoms with van der Waals surface area (Å²) in [7, 11) is -4.67. The smallest absolute Gasteiger partial charge is 0.376 e. The van der Waals surface area contributed by atoms with Crippen LogP contribution in [0.25, 0.3) is 0 Å². The summed E-state index contributed by atoms with van der Waals surface area (Å²) in [5, 5.41) is 0. The Morgan fingerprint density at radius 1 is 1.14 bits per heavy atom. The van der Waals surface area contributed by atoms with Crippen molar-refractivity contribution in [2.24, 2.45) is 0 Å². The molecule has 0 aromatic heterocycles.